The normalized spacial score (nSPS) is 10.6. The molecule has 0 radical (unpaired) electrons. The zero-order chi connectivity index (χ0) is 15.8. The predicted molar refractivity (Wildman–Crippen MR) is 74.9 cm³/mol. The molecule has 1 heterocycles. The second kappa shape index (κ2) is 8.35. The minimum Gasteiger partial charge on any atom is -0.476 e. The standard InChI is InChI=1S/C13H22N4O4/c1-4-6-16(7-5-2)11(18)8-17-10(9-21-3)12(13(19)20)14-15-17/h4-9H2,1-3H3,(H,19,20). The molecule has 1 N–H and O–H groups in total. The first-order valence-corrected chi connectivity index (χ1v) is 6.97. The number of carbonyl (C=O) groups is 2. The van der Waals surface area contributed by atoms with E-state index < -0.39 is 5.97 Å². The molecule has 8 nitrogen and oxygen atoms in total. The maximum atomic E-state index is 12.3. The van der Waals surface area contributed by atoms with Crippen LogP contribution in [0, 0.1) is 0 Å². The fourth-order valence-corrected chi connectivity index (χ4v) is 2.03. The Morgan fingerprint density at radius 2 is 1.90 bits per heavy atom. The molecule has 1 amide bonds. The molecule has 0 spiro atoms. The number of carbonyl (C=O) groups excluding carboxylic acids is 1. The Morgan fingerprint density at radius 3 is 2.38 bits per heavy atom. The Kier molecular flexibility index (Phi) is 6.80. The van der Waals surface area contributed by atoms with Crippen LogP contribution in [0.4, 0.5) is 0 Å². The Hall–Kier alpha value is -1.96. The first-order chi connectivity index (χ1) is 10.0. The van der Waals surface area contributed by atoms with Crippen LogP contribution >= 0.6 is 0 Å². The van der Waals surface area contributed by atoms with Crippen molar-refractivity contribution in [3.05, 3.63) is 11.4 Å². The lowest BCUT2D eigenvalue weighted by Crippen LogP contribution is -2.35. The van der Waals surface area contributed by atoms with Gasteiger partial charge in [0.15, 0.2) is 5.69 Å². The van der Waals surface area contributed by atoms with E-state index in [1.807, 2.05) is 13.8 Å². The molecule has 0 bridgehead atoms. The molecule has 0 saturated heterocycles. The lowest BCUT2D eigenvalue weighted by atomic mass is 10.3. The molecule has 0 aliphatic carbocycles. The van der Waals surface area contributed by atoms with Crippen molar-refractivity contribution in [2.45, 2.75) is 39.8 Å². The molecule has 0 aliphatic rings. The van der Waals surface area contributed by atoms with Crippen molar-refractivity contribution in [2.75, 3.05) is 20.2 Å². The number of rotatable bonds is 9. The van der Waals surface area contributed by atoms with Gasteiger partial charge in [0.1, 0.15) is 6.54 Å². The highest BCUT2D eigenvalue weighted by atomic mass is 16.5. The van der Waals surface area contributed by atoms with Crippen LogP contribution < -0.4 is 0 Å². The lowest BCUT2D eigenvalue weighted by molar-refractivity contribution is -0.132. The van der Waals surface area contributed by atoms with Gasteiger partial charge in [0.2, 0.25) is 5.91 Å². The third kappa shape index (κ3) is 4.52. The number of aromatic carboxylic acids is 1. The van der Waals surface area contributed by atoms with Crippen LogP contribution in [0.2, 0.25) is 0 Å². The fourth-order valence-electron chi connectivity index (χ4n) is 2.03. The topological polar surface area (TPSA) is 97.6 Å². The molecule has 0 saturated carbocycles. The number of carboxylic acids is 1. The Labute approximate surface area is 123 Å². The summed E-state index contributed by atoms with van der Waals surface area (Å²) in [6.45, 7) is 5.37. The van der Waals surface area contributed by atoms with E-state index >= 15 is 0 Å². The van der Waals surface area contributed by atoms with Gasteiger partial charge in [-0.1, -0.05) is 19.1 Å². The lowest BCUT2D eigenvalue weighted by Gasteiger charge is -2.21. The van der Waals surface area contributed by atoms with E-state index in [9.17, 15) is 9.59 Å². The predicted octanol–water partition coefficient (Wildman–Crippen LogP) is 0.771. The zero-order valence-corrected chi connectivity index (χ0v) is 12.7. The van der Waals surface area contributed by atoms with Crippen LogP contribution in [0.15, 0.2) is 0 Å². The molecule has 0 unspecified atom stereocenters. The fraction of sp³-hybridized carbons (Fsp3) is 0.692. The van der Waals surface area contributed by atoms with Crippen molar-refractivity contribution in [1.29, 1.82) is 0 Å². The summed E-state index contributed by atoms with van der Waals surface area (Å²) in [6, 6.07) is 0. The molecule has 0 fully saturated rings. The summed E-state index contributed by atoms with van der Waals surface area (Å²) >= 11 is 0. The number of aromatic nitrogens is 3. The van der Waals surface area contributed by atoms with Gasteiger partial charge in [-0.05, 0) is 12.8 Å². The number of hydrogen-bond acceptors (Lipinski definition) is 5. The van der Waals surface area contributed by atoms with Crippen molar-refractivity contribution >= 4 is 11.9 Å². The molecule has 0 atom stereocenters. The monoisotopic (exact) mass is 298 g/mol. The highest BCUT2D eigenvalue weighted by Gasteiger charge is 2.21. The van der Waals surface area contributed by atoms with Gasteiger partial charge < -0.3 is 14.7 Å². The number of amides is 1. The van der Waals surface area contributed by atoms with Crippen LogP contribution in [0.5, 0.6) is 0 Å². The average molecular weight is 298 g/mol. The summed E-state index contributed by atoms with van der Waals surface area (Å²) in [7, 11) is 1.45. The van der Waals surface area contributed by atoms with Crippen LogP contribution in [0.25, 0.3) is 0 Å². The van der Waals surface area contributed by atoms with Crippen LogP contribution in [-0.4, -0.2) is 57.1 Å². The summed E-state index contributed by atoms with van der Waals surface area (Å²) in [5.41, 5.74) is 0.119. The zero-order valence-electron chi connectivity index (χ0n) is 12.7. The second-order valence-electron chi connectivity index (χ2n) is 4.66. The molecule has 1 aromatic heterocycles. The quantitative estimate of drug-likeness (QED) is 0.723. The van der Waals surface area contributed by atoms with E-state index in [-0.39, 0.29) is 24.8 Å². The van der Waals surface area contributed by atoms with Crippen molar-refractivity contribution in [3.63, 3.8) is 0 Å². The summed E-state index contributed by atoms with van der Waals surface area (Å²) in [4.78, 5) is 25.1. The van der Waals surface area contributed by atoms with Crippen LogP contribution in [0.3, 0.4) is 0 Å². The molecule has 1 aromatic rings. The number of carboxylic acid groups (broad SMARTS) is 1. The highest BCUT2D eigenvalue weighted by Crippen LogP contribution is 2.08. The van der Waals surface area contributed by atoms with Gasteiger partial charge in [0.25, 0.3) is 0 Å². The molecule has 118 valence electrons. The largest absolute Gasteiger partial charge is 0.476 e. The summed E-state index contributed by atoms with van der Waals surface area (Å²) in [5.74, 6) is -1.28. The van der Waals surface area contributed by atoms with E-state index in [4.69, 9.17) is 9.84 Å². The van der Waals surface area contributed by atoms with Crippen molar-refractivity contribution in [2.24, 2.45) is 0 Å². The Morgan fingerprint density at radius 1 is 1.29 bits per heavy atom. The first kappa shape index (κ1) is 17.1. The third-order valence-corrected chi connectivity index (χ3v) is 2.95. The minimum absolute atomic E-state index is 0.0288. The smallest absolute Gasteiger partial charge is 0.358 e. The number of methoxy groups -OCH3 is 1. The third-order valence-electron chi connectivity index (χ3n) is 2.95. The van der Waals surface area contributed by atoms with Crippen molar-refractivity contribution in [3.8, 4) is 0 Å². The van der Waals surface area contributed by atoms with Gasteiger partial charge in [-0.25, -0.2) is 9.48 Å². The first-order valence-electron chi connectivity index (χ1n) is 6.97. The summed E-state index contributed by atoms with van der Waals surface area (Å²) in [5, 5.41) is 16.4. The van der Waals surface area contributed by atoms with Gasteiger partial charge >= 0.3 is 5.97 Å². The molecule has 0 aromatic carbocycles. The number of ether oxygens (including phenoxy) is 1. The second-order valence-corrected chi connectivity index (χ2v) is 4.66. The summed E-state index contributed by atoms with van der Waals surface area (Å²) < 4.78 is 6.26. The maximum Gasteiger partial charge on any atom is 0.358 e. The molecule has 1 rings (SSSR count). The van der Waals surface area contributed by atoms with E-state index in [1.165, 1.54) is 11.8 Å². The van der Waals surface area contributed by atoms with Crippen LogP contribution in [-0.2, 0) is 22.7 Å². The molecule has 0 aliphatic heterocycles. The van der Waals surface area contributed by atoms with E-state index in [2.05, 4.69) is 10.3 Å². The van der Waals surface area contributed by atoms with Gasteiger partial charge in [0, 0.05) is 20.2 Å². The Bertz CT molecular complexity index is 481. The minimum atomic E-state index is -1.18. The maximum absolute atomic E-state index is 12.3. The van der Waals surface area contributed by atoms with Gasteiger partial charge in [-0.2, -0.15) is 0 Å². The van der Waals surface area contributed by atoms with Crippen molar-refractivity contribution < 1.29 is 19.4 Å². The molecular formula is C13H22N4O4. The van der Waals surface area contributed by atoms with Gasteiger partial charge in [-0.3, -0.25) is 4.79 Å². The highest BCUT2D eigenvalue weighted by molar-refractivity contribution is 5.86. The molecule has 21 heavy (non-hydrogen) atoms. The Balaban J connectivity index is 2.90. The summed E-state index contributed by atoms with van der Waals surface area (Å²) in [6.07, 6.45) is 1.74. The van der Waals surface area contributed by atoms with E-state index in [1.54, 1.807) is 4.90 Å². The van der Waals surface area contributed by atoms with Gasteiger partial charge in [-0.15, -0.1) is 5.10 Å². The average Bonchev–Trinajstić information content (AvgIpc) is 2.82. The van der Waals surface area contributed by atoms with E-state index in [0.29, 0.717) is 18.8 Å². The number of nitrogens with zero attached hydrogens (tertiary/aromatic N) is 4. The van der Waals surface area contributed by atoms with Crippen LogP contribution in [0.1, 0.15) is 42.9 Å². The molecular weight excluding hydrogens is 276 g/mol. The number of hydrogen-bond donors (Lipinski definition) is 1. The van der Waals surface area contributed by atoms with E-state index in [0.717, 1.165) is 12.8 Å². The SMILES string of the molecule is CCCN(CCC)C(=O)Cn1nnc(C(=O)O)c1COC. The molecule has 8 heteroatoms. The van der Waals surface area contributed by atoms with Crippen molar-refractivity contribution in [1.82, 2.24) is 19.9 Å². The van der Waals surface area contributed by atoms with Gasteiger partial charge in [0.05, 0.1) is 12.3 Å².